The Morgan fingerprint density at radius 1 is 1.28 bits per heavy atom. The molecular weight excluding hydrogens is 370 g/mol. The third-order valence-corrected chi connectivity index (χ3v) is 3.76. The lowest BCUT2D eigenvalue weighted by Gasteiger charge is -2.04. The van der Waals surface area contributed by atoms with E-state index in [4.69, 9.17) is 21.1 Å². The third-order valence-electron chi connectivity index (χ3n) is 2.73. The van der Waals surface area contributed by atoms with E-state index >= 15 is 0 Å². The molecule has 0 saturated carbocycles. The van der Waals surface area contributed by atoms with Crippen molar-refractivity contribution in [3.8, 4) is 0 Å². The third kappa shape index (κ3) is 6.12. The number of carbonyl (C=O) groups is 3. The fraction of sp³-hybridized carbons (Fsp3) is 0.267. The molecule has 25 heavy (non-hydrogen) atoms. The fourth-order valence-electron chi connectivity index (χ4n) is 1.67. The van der Waals surface area contributed by atoms with Gasteiger partial charge in [0.05, 0.1) is 24.3 Å². The summed E-state index contributed by atoms with van der Waals surface area (Å²) < 4.78 is 9.69. The summed E-state index contributed by atoms with van der Waals surface area (Å²) in [6.45, 7) is 1.53. The van der Waals surface area contributed by atoms with Crippen LogP contribution in [-0.2, 0) is 25.5 Å². The molecule has 0 aliphatic heterocycles. The highest BCUT2D eigenvalue weighted by Crippen LogP contribution is 2.16. The van der Waals surface area contributed by atoms with Gasteiger partial charge in [0.15, 0.2) is 11.7 Å². The van der Waals surface area contributed by atoms with Gasteiger partial charge in [0.1, 0.15) is 5.15 Å². The molecule has 0 saturated heterocycles. The van der Waals surface area contributed by atoms with Gasteiger partial charge in [-0.05, 0) is 19.1 Å². The van der Waals surface area contributed by atoms with Gasteiger partial charge >= 0.3 is 11.9 Å². The number of nitrogens with zero attached hydrogens (tertiary/aromatic N) is 2. The average molecular weight is 384 g/mol. The Kier molecular flexibility index (Phi) is 6.84. The molecule has 0 spiro atoms. The fourth-order valence-corrected chi connectivity index (χ4v) is 2.51. The Hall–Kier alpha value is -2.52. The van der Waals surface area contributed by atoms with Gasteiger partial charge in [-0.2, -0.15) is 0 Å². The van der Waals surface area contributed by atoms with Crippen molar-refractivity contribution in [1.82, 2.24) is 9.97 Å². The van der Waals surface area contributed by atoms with E-state index in [2.05, 4.69) is 15.3 Å². The van der Waals surface area contributed by atoms with E-state index in [1.54, 1.807) is 12.3 Å². The van der Waals surface area contributed by atoms with Gasteiger partial charge in [0.25, 0.3) is 5.91 Å². The summed E-state index contributed by atoms with van der Waals surface area (Å²) in [5.74, 6) is -1.63. The molecule has 0 radical (unpaired) electrons. The summed E-state index contributed by atoms with van der Waals surface area (Å²) in [6, 6.07) is 2.89. The predicted molar refractivity (Wildman–Crippen MR) is 90.6 cm³/mol. The molecule has 0 aromatic carbocycles. The maximum Gasteiger partial charge on any atom is 0.340 e. The van der Waals surface area contributed by atoms with Crippen LogP contribution in [-0.4, -0.2) is 41.0 Å². The first-order valence-electron chi connectivity index (χ1n) is 7.16. The van der Waals surface area contributed by atoms with Crippen molar-refractivity contribution >= 4 is 45.9 Å². The molecule has 2 aromatic rings. The van der Waals surface area contributed by atoms with Crippen molar-refractivity contribution in [2.75, 3.05) is 18.5 Å². The SMILES string of the molecule is CCOC(=O)Cc1csc(NC(=O)COC(=O)c2ccc(Cl)nc2)n1. The van der Waals surface area contributed by atoms with Crippen molar-refractivity contribution in [3.05, 3.63) is 40.1 Å². The summed E-state index contributed by atoms with van der Waals surface area (Å²) >= 11 is 6.78. The number of carbonyl (C=O) groups excluding carboxylic acids is 3. The smallest absolute Gasteiger partial charge is 0.340 e. The molecule has 0 aliphatic carbocycles. The van der Waals surface area contributed by atoms with Crippen LogP contribution in [0.3, 0.4) is 0 Å². The standard InChI is InChI=1S/C15H14ClN3O5S/c1-2-23-13(21)5-10-8-25-15(18-10)19-12(20)7-24-14(22)9-3-4-11(16)17-6-9/h3-4,6,8H,2,5,7H2,1H3,(H,18,19,20). The molecule has 0 fully saturated rings. The molecule has 0 unspecified atom stereocenters. The molecule has 2 rings (SSSR count). The normalized spacial score (nSPS) is 10.2. The molecule has 1 N–H and O–H groups in total. The highest BCUT2D eigenvalue weighted by molar-refractivity contribution is 7.13. The minimum absolute atomic E-state index is 0.0266. The molecule has 2 aromatic heterocycles. The first-order chi connectivity index (χ1) is 12.0. The quantitative estimate of drug-likeness (QED) is 0.576. The number of pyridine rings is 1. The molecule has 1 amide bonds. The second kappa shape index (κ2) is 9.09. The lowest BCUT2D eigenvalue weighted by molar-refractivity contribution is -0.142. The lowest BCUT2D eigenvalue weighted by Crippen LogP contribution is -2.21. The maximum absolute atomic E-state index is 11.8. The van der Waals surface area contributed by atoms with Crippen LogP contribution in [0, 0.1) is 0 Å². The van der Waals surface area contributed by atoms with Gasteiger partial charge in [0, 0.05) is 11.6 Å². The first kappa shape index (κ1) is 18.8. The van der Waals surface area contributed by atoms with Crippen molar-refractivity contribution in [2.24, 2.45) is 0 Å². The number of anilines is 1. The largest absolute Gasteiger partial charge is 0.466 e. The molecular formula is C15H14ClN3O5S. The minimum Gasteiger partial charge on any atom is -0.466 e. The van der Waals surface area contributed by atoms with Crippen molar-refractivity contribution in [2.45, 2.75) is 13.3 Å². The Balaban J connectivity index is 1.80. The number of hydrogen-bond acceptors (Lipinski definition) is 8. The van der Waals surface area contributed by atoms with Gasteiger partial charge in [-0.3, -0.25) is 14.9 Å². The van der Waals surface area contributed by atoms with E-state index in [1.807, 2.05) is 0 Å². The van der Waals surface area contributed by atoms with Crippen LogP contribution >= 0.6 is 22.9 Å². The van der Waals surface area contributed by atoms with Crippen molar-refractivity contribution in [1.29, 1.82) is 0 Å². The zero-order chi connectivity index (χ0) is 18.2. The van der Waals surface area contributed by atoms with Gasteiger partial charge in [-0.1, -0.05) is 11.6 Å². The molecule has 10 heteroatoms. The van der Waals surface area contributed by atoms with Gasteiger partial charge < -0.3 is 9.47 Å². The number of amides is 1. The number of rotatable bonds is 7. The zero-order valence-electron chi connectivity index (χ0n) is 13.2. The number of thiazole rings is 1. The number of hydrogen-bond donors (Lipinski definition) is 1. The summed E-state index contributed by atoms with van der Waals surface area (Å²) in [5, 5.41) is 4.67. The van der Waals surface area contributed by atoms with E-state index in [1.165, 1.54) is 18.3 Å². The minimum atomic E-state index is -0.693. The zero-order valence-corrected chi connectivity index (χ0v) is 14.7. The van der Waals surface area contributed by atoms with Gasteiger partial charge in [-0.25, -0.2) is 14.8 Å². The molecule has 0 aliphatic rings. The van der Waals surface area contributed by atoms with Crippen LogP contribution in [0.1, 0.15) is 23.0 Å². The number of ether oxygens (including phenoxy) is 2. The Morgan fingerprint density at radius 2 is 2.08 bits per heavy atom. The second-order valence-corrected chi connectivity index (χ2v) is 5.87. The summed E-state index contributed by atoms with van der Waals surface area (Å²) in [7, 11) is 0. The molecule has 8 nitrogen and oxygen atoms in total. The van der Waals surface area contributed by atoms with Gasteiger partial charge in [0.2, 0.25) is 0 Å². The van der Waals surface area contributed by atoms with Crippen molar-refractivity contribution < 1.29 is 23.9 Å². The van der Waals surface area contributed by atoms with Crippen molar-refractivity contribution in [3.63, 3.8) is 0 Å². The lowest BCUT2D eigenvalue weighted by atomic mass is 10.3. The summed E-state index contributed by atoms with van der Waals surface area (Å²) in [4.78, 5) is 42.7. The highest BCUT2D eigenvalue weighted by Gasteiger charge is 2.13. The monoisotopic (exact) mass is 383 g/mol. The Labute approximate surface area is 152 Å². The summed E-state index contributed by atoms with van der Waals surface area (Å²) in [6.07, 6.45) is 1.28. The number of nitrogens with one attached hydrogen (secondary N) is 1. The van der Waals surface area contributed by atoms with E-state index in [-0.39, 0.29) is 17.1 Å². The Morgan fingerprint density at radius 3 is 2.76 bits per heavy atom. The van der Waals surface area contributed by atoms with Crippen LogP contribution in [0.25, 0.3) is 0 Å². The van der Waals surface area contributed by atoms with Crippen LogP contribution < -0.4 is 5.32 Å². The predicted octanol–water partition coefficient (Wildman–Crippen LogP) is 2.09. The van der Waals surface area contributed by atoms with Crippen LogP contribution in [0.5, 0.6) is 0 Å². The average Bonchev–Trinajstić information content (AvgIpc) is 3.00. The topological polar surface area (TPSA) is 107 Å². The Bertz CT molecular complexity index is 763. The van der Waals surface area contributed by atoms with E-state index in [0.717, 1.165) is 11.3 Å². The number of aromatic nitrogens is 2. The number of esters is 2. The highest BCUT2D eigenvalue weighted by atomic mass is 35.5. The summed E-state index contributed by atoms with van der Waals surface area (Å²) in [5.41, 5.74) is 0.672. The first-order valence-corrected chi connectivity index (χ1v) is 8.42. The molecule has 0 bridgehead atoms. The molecule has 2 heterocycles. The van der Waals surface area contributed by atoms with E-state index in [0.29, 0.717) is 17.4 Å². The maximum atomic E-state index is 11.8. The van der Waals surface area contributed by atoms with E-state index < -0.39 is 24.5 Å². The van der Waals surface area contributed by atoms with Crippen LogP contribution in [0.4, 0.5) is 5.13 Å². The molecule has 0 atom stereocenters. The molecule has 132 valence electrons. The van der Waals surface area contributed by atoms with E-state index in [9.17, 15) is 14.4 Å². The number of halogens is 1. The van der Waals surface area contributed by atoms with Crippen LogP contribution in [0.15, 0.2) is 23.7 Å². The second-order valence-electron chi connectivity index (χ2n) is 4.62. The van der Waals surface area contributed by atoms with Crippen LogP contribution in [0.2, 0.25) is 5.15 Å². The van der Waals surface area contributed by atoms with Gasteiger partial charge in [-0.15, -0.1) is 11.3 Å².